The number of amides is 1. The number of halogens is 1. The molecule has 1 aromatic heterocycles. The van der Waals surface area contributed by atoms with Gasteiger partial charge in [-0.2, -0.15) is 5.10 Å². The molecule has 1 N–H and O–H groups in total. The number of carbonyl (C=O) groups is 2. The zero-order valence-corrected chi connectivity index (χ0v) is 28.5. The molecule has 0 unspecified atom stereocenters. The highest BCUT2D eigenvalue weighted by Crippen LogP contribution is 2.38. The predicted molar refractivity (Wildman–Crippen MR) is 172 cm³/mol. The lowest BCUT2D eigenvalue weighted by Gasteiger charge is -2.40. The van der Waals surface area contributed by atoms with Gasteiger partial charge >= 0.3 is 5.97 Å². The maximum atomic E-state index is 12.9. The lowest BCUT2D eigenvalue weighted by molar-refractivity contribution is -0.144. The van der Waals surface area contributed by atoms with Gasteiger partial charge in [0.25, 0.3) is 0 Å². The van der Waals surface area contributed by atoms with Crippen LogP contribution in [0.15, 0.2) is 48.8 Å². The standard InChI is InChI=1S/C32H48ClN3O5Si/c1-22(2)36-21-25(20-34-36)15-14-23(3)28(41-42(9,10)32(4,5)6)12-11-13-30(37)35-27(31(38)40-8)19-24-16-17-29(39-7)26(33)18-24/h11,13-18,20-23,27-28H,12,19H2,1-10H3,(H,35,37)/b13-11+,15-14+/t23-,27-,28+/m1/s1. The van der Waals surface area contributed by atoms with Crippen LogP contribution < -0.4 is 10.1 Å². The quantitative estimate of drug-likeness (QED) is 0.139. The molecular formula is C32H48ClN3O5Si. The van der Waals surface area contributed by atoms with Crippen LogP contribution in [0.5, 0.6) is 5.75 Å². The highest BCUT2D eigenvalue weighted by Gasteiger charge is 2.39. The number of nitrogens with one attached hydrogen (secondary N) is 1. The second-order valence-electron chi connectivity index (χ2n) is 12.4. The molecule has 0 aliphatic rings. The van der Waals surface area contributed by atoms with Crippen molar-refractivity contribution in [2.75, 3.05) is 14.2 Å². The van der Waals surface area contributed by atoms with Gasteiger partial charge in [-0.25, -0.2) is 4.79 Å². The fourth-order valence-corrected chi connectivity index (χ4v) is 5.67. The van der Waals surface area contributed by atoms with Gasteiger partial charge in [0.1, 0.15) is 11.8 Å². The summed E-state index contributed by atoms with van der Waals surface area (Å²) in [5.74, 6) is -0.314. The van der Waals surface area contributed by atoms with Crippen LogP contribution in [-0.4, -0.2) is 56.3 Å². The lowest BCUT2D eigenvalue weighted by Crippen LogP contribution is -2.45. The minimum absolute atomic E-state index is 0.0340. The molecule has 1 amide bonds. The Hall–Kier alpha value is -2.88. The fraction of sp³-hybridized carbons (Fsp3) is 0.531. The molecule has 8 nitrogen and oxygen atoms in total. The van der Waals surface area contributed by atoms with Crippen molar-refractivity contribution in [3.8, 4) is 5.75 Å². The number of hydrogen-bond acceptors (Lipinski definition) is 6. The van der Waals surface area contributed by atoms with Crippen LogP contribution in [0.4, 0.5) is 0 Å². The van der Waals surface area contributed by atoms with Crippen LogP contribution in [0.1, 0.15) is 65.1 Å². The molecule has 3 atom stereocenters. The number of esters is 1. The van der Waals surface area contributed by atoms with Gasteiger partial charge in [0.15, 0.2) is 8.32 Å². The van der Waals surface area contributed by atoms with Crippen molar-refractivity contribution in [1.82, 2.24) is 15.1 Å². The van der Waals surface area contributed by atoms with Crippen LogP contribution in [0.2, 0.25) is 23.2 Å². The summed E-state index contributed by atoms with van der Waals surface area (Å²) in [7, 11) is 0.735. The summed E-state index contributed by atoms with van der Waals surface area (Å²) < 4.78 is 18.9. The number of rotatable bonds is 14. The van der Waals surface area contributed by atoms with E-state index in [1.165, 1.54) is 20.3 Å². The molecular weight excluding hydrogens is 570 g/mol. The van der Waals surface area contributed by atoms with Crippen LogP contribution in [0.3, 0.4) is 0 Å². The molecule has 1 heterocycles. The Kier molecular flexibility index (Phi) is 13.1. The molecule has 1 aromatic carbocycles. The van der Waals surface area contributed by atoms with Crippen LogP contribution in [-0.2, 0) is 25.2 Å². The van der Waals surface area contributed by atoms with E-state index in [0.29, 0.717) is 23.2 Å². The average molecular weight is 618 g/mol. The molecule has 0 saturated carbocycles. The summed E-state index contributed by atoms with van der Waals surface area (Å²) in [5.41, 5.74) is 1.80. The molecule has 2 rings (SSSR count). The van der Waals surface area contributed by atoms with Crippen LogP contribution in [0.25, 0.3) is 6.08 Å². The lowest BCUT2D eigenvalue weighted by atomic mass is 10.0. The summed E-state index contributed by atoms with van der Waals surface area (Å²) in [5, 5.41) is 7.65. The zero-order valence-electron chi connectivity index (χ0n) is 26.7. The second-order valence-corrected chi connectivity index (χ2v) is 17.5. The van der Waals surface area contributed by atoms with Crippen molar-refractivity contribution in [2.45, 2.75) is 90.7 Å². The summed E-state index contributed by atoms with van der Waals surface area (Å²) >= 11 is 6.24. The van der Waals surface area contributed by atoms with E-state index in [-0.39, 0.29) is 29.4 Å². The molecule has 2 aromatic rings. The van der Waals surface area contributed by atoms with Gasteiger partial charge in [-0.3, -0.25) is 9.48 Å². The summed E-state index contributed by atoms with van der Waals surface area (Å²) in [6.07, 6.45) is 12.0. The Morgan fingerprint density at radius 1 is 1.17 bits per heavy atom. The number of carbonyl (C=O) groups excluding carboxylic acids is 2. The van der Waals surface area contributed by atoms with E-state index >= 15 is 0 Å². The minimum Gasteiger partial charge on any atom is -0.495 e. The van der Waals surface area contributed by atoms with Gasteiger partial charge < -0.3 is 19.2 Å². The number of hydrogen-bond donors (Lipinski definition) is 1. The third-order valence-corrected chi connectivity index (χ3v) is 12.5. The van der Waals surface area contributed by atoms with Gasteiger partial charge in [0.2, 0.25) is 5.91 Å². The SMILES string of the molecule is COC(=O)[C@@H](Cc1ccc(OC)c(Cl)c1)NC(=O)/C=C/C[C@H](O[Si](C)(C)C(C)(C)C)[C@H](C)/C=C/c1cnn(C(C)C)c1. The molecule has 0 aliphatic heterocycles. The first-order valence-electron chi connectivity index (χ1n) is 14.4. The smallest absolute Gasteiger partial charge is 0.328 e. The van der Waals surface area contributed by atoms with Gasteiger partial charge in [-0.15, -0.1) is 0 Å². The maximum absolute atomic E-state index is 12.9. The van der Waals surface area contributed by atoms with Gasteiger partial charge in [-0.05, 0) is 68.1 Å². The molecule has 0 bridgehead atoms. The first kappa shape index (κ1) is 35.3. The number of ether oxygens (including phenoxy) is 2. The van der Waals surface area contributed by atoms with Crippen molar-refractivity contribution < 1.29 is 23.5 Å². The van der Waals surface area contributed by atoms with E-state index in [9.17, 15) is 9.59 Å². The Morgan fingerprint density at radius 3 is 2.40 bits per heavy atom. The number of nitrogens with zero attached hydrogens (tertiary/aromatic N) is 2. The van der Waals surface area contributed by atoms with Crippen molar-refractivity contribution in [3.63, 3.8) is 0 Å². The Balaban J connectivity index is 2.16. The number of methoxy groups -OCH3 is 2. The van der Waals surface area contributed by atoms with Crippen LogP contribution >= 0.6 is 11.6 Å². The summed E-state index contributed by atoms with van der Waals surface area (Å²) in [6.45, 7) is 17.4. The molecule has 42 heavy (non-hydrogen) atoms. The number of aromatic nitrogens is 2. The monoisotopic (exact) mass is 617 g/mol. The fourth-order valence-electron chi connectivity index (χ4n) is 3.97. The minimum atomic E-state index is -2.09. The normalized spacial score (nSPS) is 14.8. The highest BCUT2D eigenvalue weighted by molar-refractivity contribution is 6.74. The zero-order chi connectivity index (χ0) is 31.7. The van der Waals surface area contributed by atoms with E-state index in [0.717, 1.165) is 11.1 Å². The average Bonchev–Trinajstić information content (AvgIpc) is 3.39. The van der Waals surface area contributed by atoms with E-state index in [1.807, 2.05) is 23.2 Å². The topological polar surface area (TPSA) is 91.7 Å². The second kappa shape index (κ2) is 15.5. The molecule has 0 fully saturated rings. The Morgan fingerprint density at radius 2 is 1.86 bits per heavy atom. The van der Waals surface area contributed by atoms with E-state index < -0.39 is 20.3 Å². The maximum Gasteiger partial charge on any atom is 0.328 e. The molecule has 0 spiro atoms. The summed E-state index contributed by atoms with van der Waals surface area (Å²) in [6, 6.07) is 4.66. The summed E-state index contributed by atoms with van der Waals surface area (Å²) in [4.78, 5) is 25.3. The third-order valence-electron chi connectivity index (χ3n) is 7.68. The van der Waals surface area contributed by atoms with Crippen molar-refractivity contribution in [3.05, 3.63) is 65.0 Å². The largest absolute Gasteiger partial charge is 0.495 e. The first-order chi connectivity index (χ1) is 19.6. The molecule has 0 aliphatic carbocycles. The predicted octanol–water partition coefficient (Wildman–Crippen LogP) is 7.01. The van der Waals surface area contributed by atoms with Crippen molar-refractivity contribution >= 4 is 37.9 Å². The van der Waals surface area contributed by atoms with E-state index in [2.05, 4.69) is 77.2 Å². The molecule has 232 valence electrons. The van der Waals surface area contributed by atoms with Crippen LogP contribution in [0, 0.1) is 5.92 Å². The highest BCUT2D eigenvalue weighted by atomic mass is 35.5. The molecule has 0 saturated heterocycles. The van der Waals surface area contributed by atoms with Gasteiger partial charge in [0, 0.05) is 24.2 Å². The first-order valence-corrected chi connectivity index (χ1v) is 17.6. The van der Waals surface area contributed by atoms with Gasteiger partial charge in [0.05, 0.1) is 31.5 Å². The van der Waals surface area contributed by atoms with E-state index in [4.69, 9.17) is 25.5 Å². The van der Waals surface area contributed by atoms with Crippen molar-refractivity contribution in [1.29, 1.82) is 0 Å². The Bertz CT molecular complexity index is 1250. The molecule has 0 radical (unpaired) electrons. The van der Waals surface area contributed by atoms with Gasteiger partial charge in [-0.1, -0.05) is 63.6 Å². The number of benzene rings is 1. The third kappa shape index (κ3) is 10.4. The van der Waals surface area contributed by atoms with Crippen molar-refractivity contribution in [2.24, 2.45) is 5.92 Å². The Labute approximate surface area is 257 Å². The molecule has 10 heteroatoms. The van der Waals surface area contributed by atoms with E-state index in [1.54, 1.807) is 18.2 Å².